The van der Waals surface area contributed by atoms with Crippen LogP contribution in [0.15, 0.2) is 30.9 Å². The fourth-order valence-electron chi connectivity index (χ4n) is 1.19. The minimum Gasteiger partial charge on any atom is -0.497 e. The van der Waals surface area contributed by atoms with Gasteiger partial charge < -0.3 is 15.8 Å². The molecule has 1 rings (SSSR count). The van der Waals surface area contributed by atoms with Crippen molar-refractivity contribution < 1.29 is 9.53 Å². The molecule has 1 aromatic rings. The molecule has 0 aliphatic carbocycles. The van der Waals surface area contributed by atoms with Gasteiger partial charge >= 0.3 is 0 Å². The monoisotopic (exact) mass is 206 g/mol. The number of primary amides is 1. The van der Waals surface area contributed by atoms with Gasteiger partial charge in [-0.15, -0.1) is 6.58 Å². The van der Waals surface area contributed by atoms with E-state index in [9.17, 15) is 4.79 Å². The van der Waals surface area contributed by atoms with Crippen LogP contribution in [0.25, 0.3) is 0 Å². The summed E-state index contributed by atoms with van der Waals surface area (Å²) in [5.74, 6) is 0.204. The van der Waals surface area contributed by atoms with Gasteiger partial charge in [0, 0.05) is 12.6 Å². The molecular formula is C11H14N2O2. The lowest BCUT2D eigenvalue weighted by atomic mass is 10.1. The van der Waals surface area contributed by atoms with E-state index >= 15 is 0 Å². The first-order valence-electron chi connectivity index (χ1n) is 4.51. The van der Waals surface area contributed by atoms with Gasteiger partial charge in [-0.3, -0.25) is 4.79 Å². The van der Waals surface area contributed by atoms with Crippen molar-refractivity contribution in [2.45, 2.75) is 0 Å². The van der Waals surface area contributed by atoms with Crippen LogP contribution in [-0.4, -0.2) is 19.6 Å². The minimum absolute atomic E-state index is 0.442. The summed E-state index contributed by atoms with van der Waals surface area (Å²) in [5, 5.41) is 3.02. The van der Waals surface area contributed by atoms with E-state index in [0.29, 0.717) is 23.5 Å². The third kappa shape index (κ3) is 2.74. The zero-order valence-electron chi connectivity index (χ0n) is 8.62. The van der Waals surface area contributed by atoms with Gasteiger partial charge in [-0.2, -0.15) is 0 Å². The van der Waals surface area contributed by atoms with Crippen LogP contribution in [0.4, 0.5) is 5.69 Å². The van der Waals surface area contributed by atoms with Gasteiger partial charge in [-0.25, -0.2) is 0 Å². The van der Waals surface area contributed by atoms with Gasteiger partial charge in [0.2, 0.25) is 0 Å². The lowest BCUT2D eigenvalue weighted by molar-refractivity contribution is 0.100. The molecule has 0 unspecified atom stereocenters. The lowest BCUT2D eigenvalue weighted by Crippen LogP contribution is -2.14. The Morgan fingerprint density at radius 3 is 2.93 bits per heavy atom. The van der Waals surface area contributed by atoms with E-state index in [1.807, 2.05) is 0 Å². The summed E-state index contributed by atoms with van der Waals surface area (Å²) in [4.78, 5) is 11.1. The molecule has 0 atom stereocenters. The van der Waals surface area contributed by atoms with E-state index in [1.54, 1.807) is 31.4 Å². The van der Waals surface area contributed by atoms with E-state index < -0.39 is 5.91 Å². The van der Waals surface area contributed by atoms with Gasteiger partial charge in [0.15, 0.2) is 0 Å². The molecule has 0 spiro atoms. The van der Waals surface area contributed by atoms with E-state index in [2.05, 4.69) is 11.9 Å². The number of anilines is 1. The maximum atomic E-state index is 11.1. The first kappa shape index (κ1) is 11.1. The van der Waals surface area contributed by atoms with Crippen molar-refractivity contribution in [3.05, 3.63) is 36.4 Å². The summed E-state index contributed by atoms with van der Waals surface area (Å²) in [6.45, 7) is 4.15. The average Bonchev–Trinajstić information content (AvgIpc) is 2.25. The number of carbonyl (C=O) groups is 1. The number of hydrogen-bond donors (Lipinski definition) is 2. The predicted octanol–water partition coefficient (Wildman–Crippen LogP) is 1.39. The molecule has 0 saturated heterocycles. The van der Waals surface area contributed by atoms with Gasteiger partial charge in [-0.05, 0) is 12.1 Å². The highest BCUT2D eigenvalue weighted by Gasteiger charge is 2.08. The van der Waals surface area contributed by atoms with Crippen LogP contribution in [0.5, 0.6) is 5.75 Å². The van der Waals surface area contributed by atoms with Crippen LogP contribution in [0.3, 0.4) is 0 Å². The highest BCUT2D eigenvalue weighted by atomic mass is 16.5. The Labute approximate surface area is 88.7 Å². The largest absolute Gasteiger partial charge is 0.497 e. The second kappa shape index (κ2) is 5.05. The Balaban J connectivity index is 3.04. The lowest BCUT2D eigenvalue weighted by Gasteiger charge is -2.09. The molecule has 0 bridgehead atoms. The Morgan fingerprint density at radius 2 is 2.40 bits per heavy atom. The summed E-state index contributed by atoms with van der Waals surface area (Å²) in [6.07, 6.45) is 1.70. The molecule has 80 valence electrons. The third-order valence-electron chi connectivity index (χ3n) is 1.93. The normalized spacial score (nSPS) is 9.40. The molecule has 3 N–H and O–H groups in total. The number of methoxy groups -OCH3 is 1. The Bertz CT molecular complexity index is 375. The molecule has 0 heterocycles. The molecule has 4 heteroatoms. The summed E-state index contributed by atoms with van der Waals surface area (Å²) in [6, 6.07) is 5.05. The molecule has 0 aliphatic rings. The Hall–Kier alpha value is -1.97. The number of nitrogens with two attached hydrogens (primary N) is 1. The highest BCUT2D eigenvalue weighted by molar-refractivity contribution is 5.98. The number of carbonyl (C=O) groups excluding carboxylic acids is 1. The number of rotatable bonds is 5. The summed E-state index contributed by atoms with van der Waals surface area (Å²) < 4.78 is 5.05. The smallest absolute Gasteiger partial charge is 0.250 e. The van der Waals surface area contributed by atoms with Gasteiger partial charge in [0.05, 0.1) is 18.4 Å². The first-order valence-corrected chi connectivity index (χ1v) is 4.51. The number of ether oxygens (including phenoxy) is 1. The van der Waals surface area contributed by atoms with Crippen molar-refractivity contribution in [3.8, 4) is 5.75 Å². The molecule has 4 nitrogen and oxygen atoms in total. The molecule has 0 saturated carbocycles. The van der Waals surface area contributed by atoms with Crippen molar-refractivity contribution >= 4 is 11.6 Å². The second-order valence-electron chi connectivity index (χ2n) is 2.95. The van der Waals surface area contributed by atoms with Gasteiger partial charge in [0.25, 0.3) is 5.91 Å². The SMILES string of the molecule is C=CCNc1cc(OC)ccc1C(N)=O. The van der Waals surface area contributed by atoms with Crippen LogP contribution in [-0.2, 0) is 0 Å². The molecule has 0 radical (unpaired) electrons. The fraction of sp³-hybridized carbons (Fsp3) is 0.182. The van der Waals surface area contributed by atoms with Crippen LogP contribution < -0.4 is 15.8 Å². The number of hydrogen-bond acceptors (Lipinski definition) is 3. The Kier molecular flexibility index (Phi) is 3.74. The number of nitrogens with one attached hydrogen (secondary N) is 1. The zero-order valence-corrected chi connectivity index (χ0v) is 8.62. The molecule has 1 aromatic carbocycles. The maximum Gasteiger partial charge on any atom is 0.250 e. The van der Waals surface area contributed by atoms with Crippen molar-refractivity contribution in [2.75, 3.05) is 19.0 Å². The number of amides is 1. The standard InChI is InChI=1S/C11H14N2O2/c1-3-6-13-10-7-8(15-2)4-5-9(10)11(12)14/h3-5,7,13H,1,6H2,2H3,(H2,12,14). The van der Waals surface area contributed by atoms with Gasteiger partial charge in [0.1, 0.15) is 5.75 Å². The van der Waals surface area contributed by atoms with Crippen molar-refractivity contribution in [3.63, 3.8) is 0 Å². The Morgan fingerprint density at radius 1 is 1.67 bits per heavy atom. The van der Waals surface area contributed by atoms with Crippen LogP contribution >= 0.6 is 0 Å². The van der Waals surface area contributed by atoms with E-state index in [1.165, 1.54) is 0 Å². The number of benzene rings is 1. The van der Waals surface area contributed by atoms with Crippen LogP contribution in [0.1, 0.15) is 10.4 Å². The van der Waals surface area contributed by atoms with Crippen molar-refractivity contribution in [1.82, 2.24) is 0 Å². The van der Waals surface area contributed by atoms with Crippen molar-refractivity contribution in [1.29, 1.82) is 0 Å². The second-order valence-corrected chi connectivity index (χ2v) is 2.95. The third-order valence-corrected chi connectivity index (χ3v) is 1.93. The quantitative estimate of drug-likeness (QED) is 0.715. The first-order chi connectivity index (χ1) is 7.19. The predicted molar refractivity (Wildman–Crippen MR) is 60.2 cm³/mol. The summed E-state index contributed by atoms with van der Waals surface area (Å²) in [7, 11) is 1.57. The molecule has 1 amide bonds. The van der Waals surface area contributed by atoms with E-state index in [-0.39, 0.29) is 0 Å². The van der Waals surface area contributed by atoms with E-state index in [4.69, 9.17) is 10.5 Å². The summed E-state index contributed by atoms with van der Waals surface area (Å²) in [5.41, 5.74) is 6.33. The summed E-state index contributed by atoms with van der Waals surface area (Å²) >= 11 is 0. The average molecular weight is 206 g/mol. The zero-order chi connectivity index (χ0) is 11.3. The molecule has 0 fully saturated rings. The van der Waals surface area contributed by atoms with Crippen molar-refractivity contribution in [2.24, 2.45) is 5.73 Å². The fourth-order valence-corrected chi connectivity index (χ4v) is 1.19. The maximum absolute atomic E-state index is 11.1. The van der Waals surface area contributed by atoms with Gasteiger partial charge in [-0.1, -0.05) is 6.08 Å². The highest BCUT2D eigenvalue weighted by Crippen LogP contribution is 2.21. The topological polar surface area (TPSA) is 64.3 Å². The molecule has 15 heavy (non-hydrogen) atoms. The van der Waals surface area contributed by atoms with Crippen LogP contribution in [0, 0.1) is 0 Å². The van der Waals surface area contributed by atoms with Crippen LogP contribution in [0.2, 0.25) is 0 Å². The van der Waals surface area contributed by atoms with E-state index in [0.717, 1.165) is 0 Å². The minimum atomic E-state index is -0.468. The molecular weight excluding hydrogens is 192 g/mol. The molecule has 0 aromatic heterocycles. The molecule has 0 aliphatic heterocycles.